The summed E-state index contributed by atoms with van der Waals surface area (Å²) in [5, 5.41) is 19.0. The van der Waals surface area contributed by atoms with Crippen LogP contribution in [0.5, 0.6) is 0 Å². The molecule has 0 saturated heterocycles. The first kappa shape index (κ1) is 13.8. The van der Waals surface area contributed by atoms with Crippen LogP contribution in [0.15, 0.2) is 12.1 Å². The summed E-state index contributed by atoms with van der Waals surface area (Å²) in [5.74, 6) is -3.58. The minimum atomic E-state index is -1.26. The van der Waals surface area contributed by atoms with Gasteiger partial charge in [-0.05, 0) is 6.92 Å². The van der Waals surface area contributed by atoms with Gasteiger partial charge in [0.15, 0.2) is 11.6 Å². The second-order valence-electron chi connectivity index (χ2n) is 3.42. The van der Waals surface area contributed by atoms with Crippen LogP contribution in [0.2, 0.25) is 0 Å². The number of nitrogens with zero attached hydrogens (tertiary/aromatic N) is 2. The molecule has 0 spiro atoms. The lowest BCUT2D eigenvalue weighted by Crippen LogP contribution is -2.31. The van der Waals surface area contributed by atoms with Crippen LogP contribution in [0.3, 0.4) is 0 Å². The van der Waals surface area contributed by atoms with E-state index in [-0.39, 0.29) is 6.54 Å². The second-order valence-corrected chi connectivity index (χ2v) is 3.42. The highest BCUT2D eigenvalue weighted by Gasteiger charge is 2.22. The summed E-state index contributed by atoms with van der Waals surface area (Å²) in [6.07, 6.45) is 0. The van der Waals surface area contributed by atoms with E-state index in [1.165, 1.54) is 6.92 Å². The molecule has 0 aromatic heterocycles. The molecule has 1 aromatic carbocycles. The molecular weight excluding hydrogens is 250 g/mol. The van der Waals surface area contributed by atoms with Gasteiger partial charge in [0.2, 0.25) is 0 Å². The van der Waals surface area contributed by atoms with Gasteiger partial charge in [0.05, 0.1) is 17.1 Å². The van der Waals surface area contributed by atoms with E-state index in [2.05, 4.69) is 0 Å². The number of halogens is 2. The van der Waals surface area contributed by atoms with Crippen LogP contribution in [0.25, 0.3) is 0 Å². The third-order valence-corrected chi connectivity index (χ3v) is 2.24. The highest BCUT2D eigenvalue weighted by Crippen LogP contribution is 2.27. The maximum absolute atomic E-state index is 13.6. The molecule has 1 aromatic rings. The van der Waals surface area contributed by atoms with Crippen LogP contribution >= 0.6 is 0 Å². The smallest absolute Gasteiger partial charge is 0.323 e. The minimum Gasteiger partial charge on any atom is -0.480 e. The van der Waals surface area contributed by atoms with E-state index in [1.54, 1.807) is 0 Å². The van der Waals surface area contributed by atoms with Gasteiger partial charge in [-0.3, -0.25) is 14.9 Å². The zero-order chi connectivity index (χ0) is 13.9. The van der Waals surface area contributed by atoms with Crippen LogP contribution in [-0.4, -0.2) is 29.1 Å². The summed E-state index contributed by atoms with van der Waals surface area (Å²) in [5.41, 5.74) is -1.30. The van der Waals surface area contributed by atoms with Gasteiger partial charge in [0.1, 0.15) is 12.2 Å². The summed E-state index contributed by atoms with van der Waals surface area (Å²) in [6.45, 7) is 0.976. The van der Waals surface area contributed by atoms with E-state index in [0.717, 1.165) is 4.90 Å². The third-order valence-electron chi connectivity index (χ3n) is 2.24. The van der Waals surface area contributed by atoms with Gasteiger partial charge in [0, 0.05) is 6.54 Å². The maximum Gasteiger partial charge on any atom is 0.323 e. The van der Waals surface area contributed by atoms with Crippen molar-refractivity contribution < 1.29 is 23.6 Å². The molecule has 0 saturated carbocycles. The van der Waals surface area contributed by atoms with Crippen molar-refractivity contribution in [2.45, 2.75) is 6.92 Å². The SMILES string of the molecule is CCN(CC(=O)O)c1c(F)cc([N+](=O)[O-])cc1F. The molecule has 0 aliphatic heterocycles. The molecule has 0 aliphatic rings. The minimum absolute atomic E-state index is 0.0535. The summed E-state index contributed by atoms with van der Waals surface area (Å²) in [6, 6.07) is 1.12. The predicted octanol–water partition coefficient (Wildman–Crippen LogP) is 1.78. The summed E-state index contributed by atoms with van der Waals surface area (Å²) < 4.78 is 27.2. The van der Waals surface area contributed by atoms with Crippen molar-refractivity contribution in [1.82, 2.24) is 0 Å². The number of carbonyl (C=O) groups is 1. The van der Waals surface area contributed by atoms with Crippen molar-refractivity contribution in [3.8, 4) is 0 Å². The topological polar surface area (TPSA) is 83.7 Å². The van der Waals surface area contributed by atoms with E-state index in [9.17, 15) is 23.7 Å². The normalized spacial score (nSPS) is 10.2. The first-order valence-corrected chi connectivity index (χ1v) is 4.97. The van der Waals surface area contributed by atoms with Gasteiger partial charge in [0.25, 0.3) is 5.69 Å². The Hall–Kier alpha value is -2.25. The summed E-state index contributed by atoms with van der Waals surface area (Å²) in [7, 11) is 0. The Kier molecular flexibility index (Phi) is 4.13. The van der Waals surface area contributed by atoms with Crippen molar-refractivity contribution in [1.29, 1.82) is 0 Å². The van der Waals surface area contributed by atoms with Crippen LogP contribution in [-0.2, 0) is 4.79 Å². The third kappa shape index (κ3) is 2.90. The average molecular weight is 260 g/mol. The van der Waals surface area contributed by atoms with E-state index in [4.69, 9.17) is 5.11 Å². The standard InChI is InChI=1S/C10H10F2N2O4/c1-2-13(5-9(15)16)10-7(11)3-6(14(17)18)4-8(10)12/h3-4H,2,5H2,1H3,(H,15,16). The number of nitro groups is 1. The van der Waals surface area contributed by atoms with Crippen LogP contribution in [0.1, 0.15) is 6.92 Å². The van der Waals surface area contributed by atoms with Crippen LogP contribution in [0.4, 0.5) is 20.2 Å². The predicted molar refractivity (Wildman–Crippen MR) is 58.5 cm³/mol. The van der Waals surface area contributed by atoms with Crippen molar-refractivity contribution in [2.75, 3.05) is 18.0 Å². The Morgan fingerprint density at radius 3 is 2.28 bits per heavy atom. The molecule has 1 rings (SSSR count). The van der Waals surface area contributed by atoms with Crippen molar-refractivity contribution >= 4 is 17.3 Å². The molecule has 0 heterocycles. The van der Waals surface area contributed by atoms with Gasteiger partial charge < -0.3 is 10.0 Å². The molecular formula is C10H10F2N2O4. The summed E-state index contributed by atoms with van der Waals surface area (Å²) >= 11 is 0. The van der Waals surface area contributed by atoms with Gasteiger partial charge in [-0.15, -0.1) is 0 Å². The van der Waals surface area contributed by atoms with Crippen molar-refractivity contribution in [3.05, 3.63) is 33.9 Å². The molecule has 0 radical (unpaired) electrons. The Balaban J connectivity index is 3.23. The number of non-ortho nitro benzene ring substituents is 1. The first-order valence-electron chi connectivity index (χ1n) is 4.97. The molecule has 18 heavy (non-hydrogen) atoms. The molecule has 0 bridgehead atoms. The molecule has 0 unspecified atom stereocenters. The molecule has 0 amide bonds. The number of aliphatic carboxylic acids is 1. The number of carboxylic acid groups (broad SMARTS) is 1. The number of anilines is 1. The molecule has 0 atom stereocenters. The van der Waals surface area contributed by atoms with Crippen molar-refractivity contribution in [3.63, 3.8) is 0 Å². The fourth-order valence-electron chi connectivity index (χ4n) is 1.47. The Morgan fingerprint density at radius 1 is 1.44 bits per heavy atom. The van der Waals surface area contributed by atoms with Gasteiger partial charge in [-0.2, -0.15) is 0 Å². The Bertz CT molecular complexity index is 470. The lowest BCUT2D eigenvalue weighted by Gasteiger charge is -2.21. The number of carboxylic acids is 1. The molecule has 0 aliphatic carbocycles. The fourth-order valence-corrected chi connectivity index (χ4v) is 1.47. The van der Waals surface area contributed by atoms with Crippen molar-refractivity contribution in [2.24, 2.45) is 0 Å². The molecule has 98 valence electrons. The Morgan fingerprint density at radius 2 is 1.94 bits per heavy atom. The number of benzene rings is 1. The van der Waals surface area contributed by atoms with Gasteiger partial charge in [-0.25, -0.2) is 8.78 Å². The first-order chi connectivity index (χ1) is 8.36. The number of hydrogen-bond donors (Lipinski definition) is 1. The number of hydrogen-bond acceptors (Lipinski definition) is 4. The fraction of sp³-hybridized carbons (Fsp3) is 0.300. The monoisotopic (exact) mass is 260 g/mol. The van der Waals surface area contributed by atoms with E-state index >= 15 is 0 Å². The van der Waals surface area contributed by atoms with E-state index in [0.29, 0.717) is 12.1 Å². The van der Waals surface area contributed by atoms with Gasteiger partial charge in [-0.1, -0.05) is 0 Å². The average Bonchev–Trinajstić information content (AvgIpc) is 2.25. The number of likely N-dealkylation sites (N-methyl/N-ethyl adjacent to an activating group) is 1. The van der Waals surface area contributed by atoms with E-state index < -0.39 is 40.4 Å². The summed E-state index contributed by atoms with van der Waals surface area (Å²) in [4.78, 5) is 21.0. The quantitative estimate of drug-likeness (QED) is 0.644. The molecule has 0 fully saturated rings. The maximum atomic E-state index is 13.6. The largest absolute Gasteiger partial charge is 0.480 e. The van der Waals surface area contributed by atoms with Crippen LogP contribution < -0.4 is 4.90 Å². The number of rotatable bonds is 5. The highest BCUT2D eigenvalue weighted by atomic mass is 19.1. The number of nitro benzene ring substituents is 1. The Labute approximate surface area is 101 Å². The van der Waals surface area contributed by atoms with Crippen LogP contribution in [0, 0.1) is 21.7 Å². The van der Waals surface area contributed by atoms with E-state index in [1.807, 2.05) is 0 Å². The molecule has 6 nitrogen and oxygen atoms in total. The second kappa shape index (κ2) is 5.39. The molecule has 8 heteroatoms. The zero-order valence-electron chi connectivity index (χ0n) is 9.39. The lowest BCUT2D eigenvalue weighted by atomic mass is 10.2. The lowest BCUT2D eigenvalue weighted by molar-refractivity contribution is -0.385. The molecule has 1 N–H and O–H groups in total. The zero-order valence-corrected chi connectivity index (χ0v) is 9.39. The highest BCUT2D eigenvalue weighted by molar-refractivity contribution is 5.74. The van der Waals surface area contributed by atoms with Gasteiger partial charge >= 0.3 is 5.97 Å².